The fourth-order valence-corrected chi connectivity index (χ4v) is 4.09. The summed E-state index contributed by atoms with van der Waals surface area (Å²) in [5.41, 5.74) is 1.97. The van der Waals surface area contributed by atoms with Crippen molar-refractivity contribution >= 4 is 21.6 Å². The summed E-state index contributed by atoms with van der Waals surface area (Å²) in [6, 6.07) is 11.2. The van der Waals surface area contributed by atoms with E-state index < -0.39 is 28.7 Å². The number of benzene rings is 2. The van der Waals surface area contributed by atoms with E-state index in [0.29, 0.717) is 17.7 Å². The van der Waals surface area contributed by atoms with E-state index in [9.17, 15) is 26.4 Å². The Morgan fingerprint density at radius 2 is 1.74 bits per heavy atom. The van der Waals surface area contributed by atoms with Gasteiger partial charge in [0.1, 0.15) is 0 Å². The number of halogens is 3. The second kappa shape index (κ2) is 10.1. The number of carbonyl (C=O) groups excluding carboxylic acids is 1. The van der Waals surface area contributed by atoms with Gasteiger partial charge < -0.3 is 5.32 Å². The van der Waals surface area contributed by atoms with Crippen LogP contribution in [0.3, 0.4) is 0 Å². The minimum absolute atomic E-state index is 0.0589. The lowest BCUT2D eigenvalue weighted by atomic mass is 10.1. The topological polar surface area (TPSA) is 78.5 Å². The van der Waals surface area contributed by atoms with Crippen LogP contribution in [-0.2, 0) is 10.0 Å². The Morgan fingerprint density at radius 3 is 2.39 bits per heavy atom. The van der Waals surface area contributed by atoms with Crippen LogP contribution < -0.4 is 10.0 Å². The van der Waals surface area contributed by atoms with Crippen LogP contribution >= 0.6 is 0 Å². The fourth-order valence-electron chi connectivity index (χ4n) is 2.94. The zero-order valence-electron chi connectivity index (χ0n) is 17.6. The molecule has 1 amide bonds. The molecule has 170 valence electrons. The van der Waals surface area contributed by atoms with Gasteiger partial charge in [-0.1, -0.05) is 24.3 Å². The Bertz CT molecular complexity index is 1020. The van der Waals surface area contributed by atoms with Gasteiger partial charge in [0.2, 0.25) is 0 Å². The molecule has 0 fully saturated rings. The van der Waals surface area contributed by atoms with Crippen LogP contribution in [0.25, 0.3) is 0 Å². The second-order valence-electron chi connectivity index (χ2n) is 7.36. The summed E-state index contributed by atoms with van der Waals surface area (Å²) >= 11 is 0. The zero-order chi connectivity index (χ0) is 23.2. The predicted octanol–water partition coefficient (Wildman–Crippen LogP) is 3.72. The third-order valence-electron chi connectivity index (χ3n) is 4.60. The molecule has 0 heterocycles. The maximum Gasteiger partial charge on any atom is 0.401 e. The molecule has 0 spiro atoms. The van der Waals surface area contributed by atoms with Crippen molar-refractivity contribution < 1.29 is 26.4 Å². The zero-order valence-corrected chi connectivity index (χ0v) is 18.4. The normalized spacial score (nSPS) is 12.1. The SMILES string of the molecule is Cc1ccccc1NS(=O)(=O)c1ccc(C)c(C(=O)NCCCN(C)CC(F)(F)F)c1. The maximum atomic E-state index is 12.7. The first-order chi connectivity index (χ1) is 14.4. The van der Waals surface area contributed by atoms with Crippen LogP contribution in [0.4, 0.5) is 18.9 Å². The first-order valence-corrected chi connectivity index (χ1v) is 11.1. The Morgan fingerprint density at radius 1 is 1.06 bits per heavy atom. The van der Waals surface area contributed by atoms with E-state index in [1.54, 1.807) is 44.2 Å². The van der Waals surface area contributed by atoms with Crippen LogP contribution in [0.2, 0.25) is 0 Å². The van der Waals surface area contributed by atoms with E-state index in [0.717, 1.165) is 10.5 Å². The summed E-state index contributed by atoms with van der Waals surface area (Å²) in [4.78, 5) is 13.6. The van der Waals surface area contributed by atoms with Gasteiger partial charge in [-0.2, -0.15) is 13.2 Å². The van der Waals surface area contributed by atoms with Gasteiger partial charge in [-0.3, -0.25) is 14.4 Å². The van der Waals surface area contributed by atoms with Crippen LogP contribution in [0.5, 0.6) is 0 Å². The van der Waals surface area contributed by atoms with Gasteiger partial charge in [0.15, 0.2) is 0 Å². The molecule has 2 N–H and O–H groups in total. The van der Waals surface area contributed by atoms with Gasteiger partial charge in [0.25, 0.3) is 15.9 Å². The number of nitrogens with zero attached hydrogens (tertiary/aromatic N) is 1. The molecular formula is C21H26F3N3O3S. The average molecular weight is 458 g/mol. The molecule has 6 nitrogen and oxygen atoms in total. The Hall–Kier alpha value is -2.59. The lowest BCUT2D eigenvalue weighted by Gasteiger charge is -2.18. The Balaban J connectivity index is 2.03. The molecule has 0 bridgehead atoms. The van der Waals surface area contributed by atoms with E-state index >= 15 is 0 Å². The van der Waals surface area contributed by atoms with Crippen molar-refractivity contribution in [1.29, 1.82) is 0 Å². The number of amides is 1. The molecule has 10 heteroatoms. The molecule has 2 rings (SSSR count). The van der Waals surface area contributed by atoms with Crippen molar-refractivity contribution in [3.05, 3.63) is 59.2 Å². The molecule has 0 aliphatic rings. The summed E-state index contributed by atoms with van der Waals surface area (Å²) in [7, 11) is -2.55. The fraction of sp³-hybridized carbons (Fsp3) is 0.381. The summed E-state index contributed by atoms with van der Waals surface area (Å²) in [6.07, 6.45) is -3.95. The monoisotopic (exact) mass is 457 g/mol. The number of anilines is 1. The van der Waals surface area contributed by atoms with E-state index in [-0.39, 0.29) is 23.5 Å². The van der Waals surface area contributed by atoms with Gasteiger partial charge in [0.05, 0.1) is 17.1 Å². The quantitative estimate of drug-likeness (QED) is 0.563. The molecule has 0 saturated heterocycles. The van der Waals surface area contributed by atoms with Crippen LogP contribution in [-0.4, -0.2) is 52.1 Å². The number of hydrogen-bond acceptors (Lipinski definition) is 4. The van der Waals surface area contributed by atoms with Crippen LogP contribution in [0.15, 0.2) is 47.4 Å². The number of hydrogen-bond donors (Lipinski definition) is 2. The van der Waals surface area contributed by atoms with Crippen molar-refractivity contribution in [1.82, 2.24) is 10.2 Å². The highest BCUT2D eigenvalue weighted by molar-refractivity contribution is 7.92. The van der Waals surface area contributed by atoms with Crippen molar-refractivity contribution in [2.24, 2.45) is 0 Å². The number of carbonyl (C=O) groups is 1. The lowest BCUT2D eigenvalue weighted by molar-refractivity contribution is -0.143. The van der Waals surface area contributed by atoms with Crippen molar-refractivity contribution in [2.75, 3.05) is 31.4 Å². The summed E-state index contributed by atoms with van der Waals surface area (Å²) in [5, 5.41) is 2.63. The van der Waals surface area contributed by atoms with Crippen LogP contribution in [0, 0.1) is 13.8 Å². The summed E-state index contributed by atoms with van der Waals surface area (Å²) in [6.45, 7) is 2.76. The van der Waals surface area contributed by atoms with E-state index in [1.807, 2.05) is 0 Å². The lowest BCUT2D eigenvalue weighted by Crippen LogP contribution is -2.34. The Labute approximate surface area is 180 Å². The van der Waals surface area contributed by atoms with E-state index in [4.69, 9.17) is 0 Å². The molecule has 0 aliphatic carbocycles. The van der Waals surface area contributed by atoms with Gasteiger partial charge in [-0.25, -0.2) is 8.42 Å². The molecular weight excluding hydrogens is 431 g/mol. The number of sulfonamides is 1. The van der Waals surface area contributed by atoms with Gasteiger partial charge >= 0.3 is 6.18 Å². The molecule has 0 aliphatic heterocycles. The first-order valence-electron chi connectivity index (χ1n) is 9.61. The van der Waals surface area contributed by atoms with Gasteiger partial charge in [-0.15, -0.1) is 0 Å². The van der Waals surface area contributed by atoms with E-state index in [1.165, 1.54) is 19.2 Å². The minimum atomic E-state index is -4.27. The summed E-state index contributed by atoms with van der Waals surface area (Å²) < 4.78 is 65.0. The first kappa shape index (κ1) is 24.7. The van der Waals surface area contributed by atoms with Crippen LogP contribution in [0.1, 0.15) is 27.9 Å². The van der Waals surface area contributed by atoms with Gasteiger partial charge in [0, 0.05) is 12.1 Å². The highest BCUT2D eigenvalue weighted by Crippen LogP contribution is 2.21. The largest absolute Gasteiger partial charge is 0.401 e. The average Bonchev–Trinajstić information content (AvgIpc) is 2.65. The molecule has 2 aromatic rings. The number of nitrogens with one attached hydrogen (secondary N) is 2. The van der Waals surface area contributed by atoms with Crippen molar-refractivity contribution in [2.45, 2.75) is 31.3 Å². The number of para-hydroxylation sites is 1. The highest BCUT2D eigenvalue weighted by Gasteiger charge is 2.28. The molecule has 0 atom stereocenters. The molecule has 0 radical (unpaired) electrons. The maximum absolute atomic E-state index is 12.7. The molecule has 0 saturated carbocycles. The Kier molecular flexibility index (Phi) is 8.08. The van der Waals surface area contributed by atoms with Crippen molar-refractivity contribution in [3.8, 4) is 0 Å². The van der Waals surface area contributed by atoms with Crippen molar-refractivity contribution in [3.63, 3.8) is 0 Å². The number of rotatable bonds is 9. The molecule has 2 aromatic carbocycles. The third kappa shape index (κ3) is 7.55. The predicted molar refractivity (Wildman–Crippen MR) is 114 cm³/mol. The number of aryl methyl sites for hydroxylation is 2. The molecule has 31 heavy (non-hydrogen) atoms. The standard InChI is InChI=1S/C21H26F3N3O3S/c1-15-9-10-17(31(29,30)26-19-8-5-4-7-16(19)2)13-18(15)20(28)25-11-6-12-27(3)14-21(22,23)24/h4-5,7-10,13,26H,6,11-12,14H2,1-3H3,(H,25,28). The van der Waals surface area contributed by atoms with Gasteiger partial charge in [-0.05, 0) is 63.2 Å². The summed E-state index contributed by atoms with van der Waals surface area (Å²) in [5.74, 6) is -0.482. The highest BCUT2D eigenvalue weighted by atomic mass is 32.2. The molecule has 0 aromatic heterocycles. The number of alkyl halides is 3. The molecule has 0 unspecified atom stereocenters. The third-order valence-corrected chi connectivity index (χ3v) is 5.97. The van der Waals surface area contributed by atoms with E-state index in [2.05, 4.69) is 10.0 Å². The second-order valence-corrected chi connectivity index (χ2v) is 9.04. The minimum Gasteiger partial charge on any atom is -0.352 e. The smallest absolute Gasteiger partial charge is 0.352 e.